The first kappa shape index (κ1) is 25.3. The molecule has 2 aromatic rings. The van der Waals surface area contributed by atoms with E-state index in [9.17, 15) is 33.7 Å². The number of phosphoric acid groups is 3. The second-order valence-corrected chi connectivity index (χ2v) is 11.8. The number of anilines is 1. The van der Waals surface area contributed by atoms with Gasteiger partial charge in [0.25, 0.3) is 0 Å². The molecule has 34 heavy (non-hydrogen) atoms. The summed E-state index contributed by atoms with van der Waals surface area (Å²) in [5.41, 5.74) is -0.679. The van der Waals surface area contributed by atoms with Crippen LogP contribution in [0.25, 0.3) is 11.2 Å². The van der Waals surface area contributed by atoms with Crippen molar-refractivity contribution in [2.24, 2.45) is 0 Å². The predicted octanol–water partition coefficient (Wildman–Crippen LogP) is -1.48. The molecule has 1 aliphatic carbocycles. The zero-order valence-electron chi connectivity index (χ0n) is 16.5. The summed E-state index contributed by atoms with van der Waals surface area (Å²) in [5.74, 6) is 2.02. The Balaban J connectivity index is 1.58. The van der Waals surface area contributed by atoms with E-state index >= 15 is 0 Å². The van der Waals surface area contributed by atoms with E-state index in [4.69, 9.17) is 26.7 Å². The van der Waals surface area contributed by atoms with Crippen LogP contribution in [0.2, 0.25) is 0 Å². The van der Waals surface area contributed by atoms with Gasteiger partial charge in [-0.3, -0.25) is 9.09 Å². The topological polar surface area (TPSA) is 279 Å². The molecule has 6 atom stereocenters. The summed E-state index contributed by atoms with van der Waals surface area (Å²) in [7, 11) is -16.9. The van der Waals surface area contributed by atoms with Crippen molar-refractivity contribution >= 4 is 40.4 Å². The van der Waals surface area contributed by atoms with Gasteiger partial charge in [-0.05, 0) is 0 Å². The van der Waals surface area contributed by atoms with Crippen LogP contribution in [0.4, 0.5) is 5.82 Å². The quantitative estimate of drug-likeness (QED) is 0.148. The molecule has 1 saturated heterocycles. The summed E-state index contributed by atoms with van der Waals surface area (Å²) >= 11 is 0. The number of ether oxygens (including phenoxy) is 1. The van der Waals surface area contributed by atoms with Crippen LogP contribution in [0, 0.1) is 12.3 Å². The van der Waals surface area contributed by atoms with Crippen molar-refractivity contribution in [1.82, 2.24) is 19.5 Å². The van der Waals surface area contributed by atoms with Crippen LogP contribution >= 0.6 is 23.5 Å². The summed E-state index contributed by atoms with van der Waals surface area (Å²) in [6.45, 7) is -1.03. The third-order valence-electron chi connectivity index (χ3n) is 5.23. The van der Waals surface area contributed by atoms with Gasteiger partial charge in [-0.15, -0.1) is 6.42 Å². The minimum atomic E-state index is -5.76. The highest BCUT2D eigenvalue weighted by Gasteiger charge is 2.86. The Hall–Kier alpha value is -1.80. The van der Waals surface area contributed by atoms with Crippen molar-refractivity contribution in [2.75, 3.05) is 12.3 Å². The zero-order valence-corrected chi connectivity index (χ0v) is 19.2. The summed E-state index contributed by atoms with van der Waals surface area (Å²) in [4.78, 5) is 47.8. The highest BCUT2D eigenvalue weighted by molar-refractivity contribution is 7.66. The average molecular weight is 543 g/mol. The number of rotatable bonds is 8. The maximum Gasteiger partial charge on any atom is 0.490 e. The molecule has 0 radical (unpaired) electrons. The molecule has 2 fully saturated rings. The Labute approximate surface area is 188 Å². The molecule has 18 nitrogen and oxygen atoms in total. The fourth-order valence-corrected chi connectivity index (χ4v) is 6.74. The van der Waals surface area contributed by atoms with Gasteiger partial charge >= 0.3 is 23.5 Å². The lowest BCUT2D eigenvalue weighted by atomic mass is 9.93. The van der Waals surface area contributed by atoms with E-state index in [0.717, 1.165) is 17.2 Å². The Morgan fingerprint density at radius 2 is 1.85 bits per heavy atom. The Bertz CT molecular complexity index is 1360. The number of nitrogens with zero attached hydrogens (tertiary/aromatic N) is 4. The molecule has 2 unspecified atom stereocenters. The minimum absolute atomic E-state index is 0.00256. The van der Waals surface area contributed by atoms with Gasteiger partial charge in [0.15, 0.2) is 17.7 Å². The molecule has 1 saturated carbocycles. The number of hydrogen-bond donors (Lipinski definition) is 7. The summed E-state index contributed by atoms with van der Waals surface area (Å²) in [6.07, 6.45) is 5.74. The van der Waals surface area contributed by atoms with Gasteiger partial charge in [0, 0.05) is 6.42 Å². The molecule has 2 aliphatic rings. The number of phosphoric ester groups is 1. The number of terminal acetylenes is 1. The minimum Gasteiger partial charge on any atom is -0.382 e. The van der Waals surface area contributed by atoms with Crippen molar-refractivity contribution < 1.29 is 61.4 Å². The SMILES string of the molecule is C#C[C@]1(O)[C@H](n2cnc3c(N)ncnc32)O[C@@]2(COP(=O)(O)OP(=O)(O)OP(=O)(O)O)C[C@@]21O. The number of aliphatic hydroxyl groups is 2. The summed E-state index contributed by atoms with van der Waals surface area (Å²) in [6, 6.07) is 0. The Kier molecular flexibility index (Phi) is 5.65. The van der Waals surface area contributed by atoms with E-state index in [1.807, 2.05) is 5.92 Å². The molecular weight excluding hydrogens is 527 g/mol. The molecule has 8 N–H and O–H groups in total. The van der Waals surface area contributed by atoms with E-state index in [1.54, 1.807) is 0 Å². The largest absolute Gasteiger partial charge is 0.490 e. The smallest absolute Gasteiger partial charge is 0.382 e. The number of nitrogens with two attached hydrogens (primary N) is 1. The second-order valence-electron chi connectivity index (χ2n) is 7.36. The number of aromatic nitrogens is 4. The molecule has 186 valence electrons. The lowest BCUT2D eigenvalue weighted by molar-refractivity contribution is -0.119. The van der Waals surface area contributed by atoms with Crippen LogP contribution in [0.1, 0.15) is 12.6 Å². The van der Waals surface area contributed by atoms with Gasteiger partial charge in [-0.2, -0.15) is 8.62 Å². The van der Waals surface area contributed by atoms with E-state index in [1.165, 1.54) is 0 Å². The lowest BCUT2D eigenvalue weighted by Gasteiger charge is -2.29. The number of fused-ring (bicyclic) bond motifs is 2. The van der Waals surface area contributed by atoms with Crippen molar-refractivity contribution in [3.63, 3.8) is 0 Å². The maximum absolute atomic E-state index is 12.1. The van der Waals surface area contributed by atoms with Crippen LogP contribution in [-0.2, 0) is 31.6 Å². The maximum atomic E-state index is 12.1. The molecule has 21 heteroatoms. The normalized spacial score (nSPS) is 34.2. The molecule has 0 spiro atoms. The van der Waals surface area contributed by atoms with Gasteiger partial charge in [0.2, 0.25) is 5.60 Å². The van der Waals surface area contributed by atoms with Gasteiger partial charge < -0.3 is 40.3 Å². The first-order chi connectivity index (χ1) is 15.5. The Morgan fingerprint density at radius 1 is 1.18 bits per heavy atom. The summed E-state index contributed by atoms with van der Waals surface area (Å²) < 4.78 is 52.9. The molecule has 3 heterocycles. The van der Waals surface area contributed by atoms with Gasteiger partial charge in [-0.1, -0.05) is 5.92 Å². The van der Waals surface area contributed by atoms with E-state index in [-0.39, 0.29) is 17.0 Å². The van der Waals surface area contributed by atoms with Gasteiger partial charge in [0.1, 0.15) is 23.0 Å². The third kappa shape index (κ3) is 4.00. The van der Waals surface area contributed by atoms with E-state index in [0.29, 0.717) is 0 Å². The highest BCUT2D eigenvalue weighted by atomic mass is 31.3. The zero-order chi connectivity index (χ0) is 25.4. The van der Waals surface area contributed by atoms with Gasteiger partial charge in [0.05, 0.1) is 12.9 Å². The lowest BCUT2D eigenvalue weighted by Crippen LogP contribution is -2.48. The van der Waals surface area contributed by atoms with Gasteiger partial charge in [-0.25, -0.2) is 28.6 Å². The first-order valence-corrected chi connectivity index (χ1v) is 13.3. The Morgan fingerprint density at radius 3 is 2.47 bits per heavy atom. The number of nitrogen functional groups attached to an aromatic ring is 1. The first-order valence-electron chi connectivity index (χ1n) is 8.80. The van der Waals surface area contributed by atoms with E-state index in [2.05, 4.69) is 28.1 Å². The summed E-state index contributed by atoms with van der Waals surface area (Å²) in [5, 5.41) is 22.1. The monoisotopic (exact) mass is 543 g/mol. The molecule has 0 amide bonds. The molecule has 2 aromatic heterocycles. The highest BCUT2D eigenvalue weighted by Crippen LogP contribution is 2.70. The molecule has 0 bridgehead atoms. The number of imidazole rings is 1. The molecule has 4 rings (SSSR count). The van der Waals surface area contributed by atoms with Crippen molar-refractivity contribution in [1.29, 1.82) is 0 Å². The van der Waals surface area contributed by atoms with Crippen LogP contribution < -0.4 is 5.73 Å². The van der Waals surface area contributed by atoms with Crippen molar-refractivity contribution in [3.05, 3.63) is 12.7 Å². The average Bonchev–Trinajstić information content (AvgIpc) is 2.99. The fourth-order valence-electron chi connectivity index (χ4n) is 3.68. The second kappa shape index (κ2) is 7.60. The van der Waals surface area contributed by atoms with Crippen LogP contribution in [0.3, 0.4) is 0 Å². The van der Waals surface area contributed by atoms with Crippen LogP contribution in [0.5, 0.6) is 0 Å². The molecule has 0 aromatic carbocycles. The predicted molar refractivity (Wildman–Crippen MR) is 106 cm³/mol. The van der Waals surface area contributed by atoms with Crippen molar-refractivity contribution in [2.45, 2.75) is 29.5 Å². The standard InChI is InChI=1S/C13H16N5O13P3/c1-2-12(19)10(18-6-17-7-8(14)15-5-16-9(7)18)29-11(3-13(11,12)20)4-28-33(24,25)31-34(26,27)30-32(21,22)23/h1,5-6,10,19-20H,3-4H2,(H,24,25)(H,26,27)(H2,14,15,16)(H2,21,22,23)/t10-,11-,12+,13-/m1/s1. The van der Waals surface area contributed by atoms with Crippen LogP contribution in [0.15, 0.2) is 12.7 Å². The molecule has 1 aliphatic heterocycles. The number of hydrogen-bond acceptors (Lipinski definition) is 13. The fraction of sp³-hybridized carbons (Fsp3) is 0.462. The molecular formula is C13H16N5O13P3. The van der Waals surface area contributed by atoms with E-state index < -0.39 is 59.5 Å². The van der Waals surface area contributed by atoms with Crippen LogP contribution in [-0.4, -0.2) is 72.7 Å². The van der Waals surface area contributed by atoms with Crippen molar-refractivity contribution in [3.8, 4) is 12.3 Å². The third-order valence-corrected chi connectivity index (χ3v) is 9.01.